The Bertz CT molecular complexity index is 821. The van der Waals surface area contributed by atoms with E-state index in [1.807, 2.05) is 24.3 Å². The van der Waals surface area contributed by atoms with Gasteiger partial charge in [-0.05, 0) is 42.2 Å². The molecule has 0 aliphatic heterocycles. The minimum absolute atomic E-state index is 0. The van der Waals surface area contributed by atoms with E-state index in [1.54, 1.807) is 19.1 Å². The van der Waals surface area contributed by atoms with E-state index in [1.165, 1.54) is 6.07 Å². The molecule has 0 saturated carbocycles. The van der Waals surface area contributed by atoms with Gasteiger partial charge in [0, 0.05) is 0 Å². The average molecular weight is 368 g/mol. The first-order chi connectivity index (χ1) is 11.0. The van der Waals surface area contributed by atoms with E-state index in [2.05, 4.69) is 10.1 Å². The lowest BCUT2D eigenvalue weighted by atomic mass is 10.0. The van der Waals surface area contributed by atoms with Crippen LogP contribution in [0.25, 0.3) is 11.1 Å². The lowest BCUT2D eigenvalue weighted by Crippen LogP contribution is -2.13. The molecule has 0 aliphatic carbocycles. The summed E-state index contributed by atoms with van der Waals surface area (Å²) in [6.07, 6.45) is 0.589. The van der Waals surface area contributed by atoms with Crippen LogP contribution in [0.15, 0.2) is 47.0 Å². The van der Waals surface area contributed by atoms with Crippen LogP contribution in [0.3, 0.4) is 0 Å². The Kier molecular flexibility index (Phi) is 5.94. The predicted octanol–water partition coefficient (Wildman–Crippen LogP) is 4.50. The number of rotatable bonds is 4. The van der Waals surface area contributed by atoms with Crippen LogP contribution in [-0.2, 0) is 6.42 Å². The maximum Gasteiger partial charge on any atom is 0.243 e. The lowest BCUT2D eigenvalue weighted by molar-refractivity contribution is 0.351. The van der Waals surface area contributed by atoms with E-state index in [4.69, 9.17) is 21.9 Å². The molecule has 3 rings (SSSR count). The zero-order chi connectivity index (χ0) is 16.4. The molecule has 1 unspecified atom stereocenters. The molecular weight excluding hydrogens is 352 g/mol. The molecule has 4 nitrogen and oxygen atoms in total. The van der Waals surface area contributed by atoms with E-state index >= 15 is 0 Å². The van der Waals surface area contributed by atoms with Crippen LogP contribution in [0.4, 0.5) is 4.39 Å². The molecule has 1 heterocycles. The van der Waals surface area contributed by atoms with Crippen molar-refractivity contribution in [1.82, 2.24) is 10.1 Å². The summed E-state index contributed by atoms with van der Waals surface area (Å²) in [5.41, 5.74) is 8.93. The van der Waals surface area contributed by atoms with Crippen molar-refractivity contribution in [2.24, 2.45) is 5.73 Å². The van der Waals surface area contributed by atoms with Crippen LogP contribution < -0.4 is 5.73 Å². The van der Waals surface area contributed by atoms with Gasteiger partial charge in [-0.1, -0.05) is 47.1 Å². The Hall–Kier alpha value is -1.95. The van der Waals surface area contributed by atoms with Crippen LogP contribution in [0, 0.1) is 12.7 Å². The molecule has 2 aromatic carbocycles. The summed E-state index contributed by atoms with van der Waals surface area (Å²) in [6.45, 7) is 1.75. The fourth-order valence-electron chi connectivity index (χ4n) is 2.31. The highest BCUT2D eigenvalue weighted by atomic mass is 35.5. The average Bonchev–Trinajstić information content (AvgIpc) is 2.97. The third-order valence-electron chi connectivity index (χ3n) is 3.52. The van der Waals surface area contributed by atoms with Crippen molar-refractivity contribution in [3.63, 3.8) is 0 Å². The number of halogens is 3. The van der Waals surface area contributed by atoms with Crippen molar-refractivity contribution in [2.75, 3.05) is 0 Å². The summed E-state index contributed by atoms with van der Waals surface area (Å²) in [5.74, 6) is 0.573. The zero-order valence-corrected chi connectivity index (χ0v) is 14.4. The van der Waals surface area contributed by atoms with Gasteiger partial charge in [-0.25, -0.2) is 4.39 Å². The quantitative estimate of drug-likeness (QED) is 0.736. The zero-order valence-electron chi connectivity index (χ0n) is 12.9. The van der Waals surface area contributed by atoms with E-state index in [-0.39, 0.29) is 23.5 Å². The molecule has 0 radical (unpaired) electrons. The normalized spacial score (nSPS) is 11.8. The van der Waals surface area contributed by atoms with E-state index in [9.17, 15) is 4.39 Å². The largest absolute Gasteiger partial charge is 0.338 e. The van der Waals surface area contributed by atoms with Crippen molar-refractivity contribution in [3.8, 4) is 11.1 Å². The highest BCUT2D eigenvalue weighted by Gasteiger charge is 2.14. The standard InChI is InChI=1S/C17H15ClFN3O.ClH/c1-10-21-17(23-22-10)16(20)8-11-2-4-12(5-3-11)13-6-7-15(19)14(18)9-13;/h2-7,9,16H,8,20H2,1H3;1H. The van der Waals surface area contributed by atoms with Crippen LogP contribution in [-0.4, -0.2) is 10.1 Å². The Balaban J connectivity index is 0.00000208. The van der Waals surface area contributed by atoms with Gasteiger partial charge in [-0.3, -0.25) is 0 Å². The molecule has 1 atom stereocenters. The number of hydrogen-bond donors (Lipinski definition) is 1. The third-order valence-corrected chi connectivity index (χ3v) is 3.81. The first-order valence-corrected chi connectivity index (χ1v) is 7.51. The smallest absolute Gasteiger partial charge is 0.243 e. The first-order valence-electron chi connectivity index (χ1n) is 7.13. The number of aromatic nitrogens is 2. The van der Waals surface area contributed by atoms with Crippen molar-refractivity contribution in [3.05, 3.63) is 70.6 Å². The van der Waals surface area contributed by atoms with Gasteiger partial charge >= 0.3 is 0 Å². The Labute approximate surface area is 150 Å². The molecule has 1 aromatic heterocycles. The number of nitrogens with zero attached hydrogens (tertiary/aromatic N) is 2. The topological polar surface area (TPSA) is 64.9 Å². The highest BCUT2D eigenvalue weighted by Crippen LogP contribution is 2.25. The van der Waals surface area contributed by atoms with Gasteiger partial charge in [0.05, 0.1) is 11.1 Å². The Morgan fingerprint density at radius 1 is 1.17 bits per heavy atom. The molecule has 0 spiro atoms. The SMILES string of the molecule is Cc1noc(C(N)Cc2ccc(-c3ccc(F)c(Cl)c3)cc2)n1.Cl. The van der Waals surface area contributed by atoms with Crippen LogP contribution >= 0.6 is 24.0 Å². The Morgan fingerprint density at radius 3 is 2.42 bits per heavy atom. The number of hydrogen-bond acceptors (Lipinski definition) is 4. The summed E-state index contributed by atoms with van der Waals surface area (Å²) >= 11 is 5.82. The molecule has 0 fully saturated rings. The molecule has 0 aliphatic rings. The summed E-state index contributed by atoms with van der Waals surface area (Å²) in [4.78, 5) is 4.14. The molecule has 0 saturated heterocycles. The molecule has 7 heteroatoms. The first kappa shape index (κ1) is 18.4. The maximum absolute atomic E-state index is 13.2. The van der Waals surface area contributed by atoms with Crippen molar-refractivity contribution >= 4 is 24.0 Å². The Morgan fingerprint density at radius 2 is 1.83 bits per heavy atom. The van der Waals surface area contributed by atoms with Gasteiger partial charge in [0.25, 0.3) is 0 Å². The molecule has 2 N–H and O–H groups in total. The van der Waals surface area contributed by atoms with E-state index in [0.717, 1.165) is 16.7 Å². The van der Waals surface area contributed by atoms with Crippen molar-refractivity contribution < 1.29 is 8.91 Å². The summed E-state index contributed by atoms with van der Waals surface area (Å²) in [5, 5.41) is 3.85. The number of nitrogens with two attached hydrogens (primary N) is 1. The monoisotopic (exact) mass is 367 g/mol. The molecule has 24 heavy (non-hydrogen) atoms. The second-order valence-electron chi connectivity index (χ2n) is 5.32. The van der Waals surface area contributed by atoms with Gasteiger partial charge in [0.2, 0.25) is 5.89 Å². The summed E-state index contributed by atoms with van der Waals surface area (Å²) in [6, 6.07) is 12.2. The van der Waals surface area contributed by atoms with Gasteiger partial charge in [0.15, 0.2) is 5.82 Å². The van der Waals surface area contributed by atoms with Crippen LogP contribution in [0.5, 0.6) is 0 Å². The second-order valence-corrected chi connectivity index (χ2v) is 5.72. The van der Waals surface area contributed by atoms with Crippen molar-refractivity contribution in [2.45, 2.75) is 19.4 Å². The fraction of sp³-hybridized carbons (Fsp3) is 0.176. The highest BCUT2D eigenvalue weighted by molar-refractivity contribution is 6.31. The summed E-state index contributed by atoms with van der Waals surface area (Å²) in [7, 11) is 0. The molecule has 3 aromatic rings. The molecule has 0 bridgehead atoms. The molecule has 0 amide bonds. The number of aryl methyl sites for hydroxylation is 1. The van der Waals surface area contributed by atoms with E-state index < -0.39 is 5.82 Å². The second kappa shape index (κ2) is 7.75. The number of benzene rings is 2. The maximum atomic E-state index is 13.2. The molecular formula is C17H16Cl2FN3O. The van der Waals surface area contributed by atoms with E-state index in [0.29, 0.717) is 18.1 Å². The minimum Gasteiger partial charge on any atom is -0.338 e. The van der Waals surface area contributed by atoms with Gasteiger partial charge in [0.1, 0.15) is 5.82 Å². The van der Waals surface area contributed by atoms with Gasteiger partial charge in [-0.15, -0.1) is 12.4 Å². The predicted molar refractivity (Wildman–Crippen MR) is 93.8 cm³/mol. The third kappa shape index (κ3) is 4.12. The molecule has 126 valence electrons. The van der Waals surface area contributed by atoms with Gasteiger partial charge in [-0.2, -0.15) is 4.98 Å². The van der Waals surface area contributed by atoms with Crippen molar-refractivity contribution in [1.29, 1.82) is 0 Å². The minimum atomic E-state index is -0.423. The van der Waals surface area contributed by atoms with Crippen LogP contribution in [0.1, 0.15) is 23.3 Å². The van der Waals surface area contributed by atoms with Gasteiger partial charge < -0.3 is 10.3 Å². The lowest BCUT2D eigenvalue weighted by Gasteiger charge is -2.08. The van der Waals surface area contributed by atoms with Crippen LogP contribution in [0.2, 0.25) is 5.02 Å². The fourth-order valence-corrected chi connectivity index (χ4v) is 2.49. The summed E-state index contributed by atoms with van der Waals surface area (Å²) < 4.78 is 18.3.